The van der Waals surface area contributed by atoms with Crippen molar-refractivity contribution in [3.05, 3.63) is 0 Å². The fourth-order valence-corrected chi connectivity index (χ4v) is 1.02. The Kier molecular flexibility index (Phi) is 6.64. The van der Waals surface area contributed by atoms with E-state index in [0.717, 1.165) is 0 Å². The Hall–Kier alpha value is -1.83. The molecule has 98 valence electrons. The summed E-state index contributed by atoms with van der Waals surface area (Å²) in [5, 5.41) is 12.4. The molecule has 8 heteroatoms. The van der Waals surface area contributed by atoms with Crippen LogP contribution in [0.5, 0.6) is 0 Å². The quantitative estimate of drug-likeness (QED) is 0.417. The number of carboxylic acid groups (broad SMARTS) is 1. The van der Waals surface area contributed by atoms with Crippen molar-refractivity contribution in [3.63, 3.8) is 0 Å². The zero-order chi connectivity index (χ0) is 13.4. The number of hydrogen-bond donors (Lipinski definition) is 3. The van der Waals surface area contributed by atoms with E-state index in [1.165, 1.54) is 12.1 Å². The van der Waals surface area contributed by atoms with Gasteiger partial charge in [-0.2, -0.15) is 0 Å². The van der Waals surface area contributed by atoms with Gasteiger partial charge in [0, 0.05) is 20.5 Å². The van der Waals surface area contributed by atoms with Gasteiger partial charge in [-0.3, -0.25) is 10.2 Å². The van der Waals surface area contributed by atoms with Gasteiger partial charge in [0.25, 0.3) is 0 Å². The largest absolute Gasteiger partial charge is 0.480 e. The third-order valence-electron chi connectivity index (χ3n) is 1.79. The van der Waals surface area contributed by atoms with E-state index in [4.69, 9.17) is 5.11 Å². The molecule has 0 bridgehead atoms. The first kappa shape index (κ1) is 15.2. The Bertz CT molecular complexity index is 292. The molecule has 0 aromatic heterocycles. The second-order valence-electron chi connectivity index (χ2n) is 3.49. The normalized spacial score (nSPS) is 11.8. The fraction of sp³-hybridized carbons (Fsp3) is 0.667. The summed E-state index contributed by atoms with van der Waals surface area (Å²) in [5.74, 6) is -1.73. The maximum absolute atomic E-state index is 11.2. The smallest absolute Gasteiger partial charge is 0.330 e. The number of esters is 1. The van der Waals surface area contributed by atoms with Crippen molar-refractivity contribution in [2.24, 2.45) is 0 Å². The summed E-state index contributed by atoms with van der Waals surface area (Å²) in [6, 6.07) is -1.78. The van der Waals surface area contributed by atoms with E-state index in [-0.39, 0.29) is 12.8 Å². The molecular formula is C9H17N3O5. The van der Waals surface area contributed by atoms with Crippen molar-refractivity contribution in [3.8, 4) is 0 Å². The summed E-state index contributed by atoms with van der Waals surface area (Å²) in [6.07, 6.45) is -0.0986. The van der Waals surface area contributed by atoms with Crippen molar-refractivity contribution >= 4 is 18.0 Å². The number of hydrogen-bond acceptors (Lipinski definition) is 5. The Morgan fingerprint density at radius 2 is 1.94 bits per heavy atom. The average molecular weight is 247 g/mol. The monoisotopic (exact) mass is 247 g/mol. The Morgan fingerprint density at radius 1 is 1.35 bits per heavy atom. The molecule has 0 fully saturated rings. The maximum Gasteiger partial charge on any atom is 0.330 e. The second kappa shape index (κ2) is 7.44. The molecule has 0 aliphatic rings. The van der Waals surface area contributed by atoms with Crippen LogP contribution in [0.3, 0.4) is 0 Å². The standard InChI is InChI=1S/C9H17N3O5/c1-12(2)11-9(16)10-6(8(14)15)4-5-7(13)17-3/h6H,4-5H2,1-3H3,(H,14,15)(H2,10,11,16)/t6-/m0/s1. The van der Waals surface area contributed by atoms with Crippen LogP contribution in [0, 0.1) is 0 Å². The summed E-state index contributed by atoms with van der Waals surface area (Å²) < 4.78 is 4.38. The van der Waals surface area contributed by atoms with Gasteiger partial charge >= 0.3 is 18.0 Å². The van der Waals surface area contributed by atoms with Gasteiger partial charge in [-0.05, 0) is 6.42 Å². The number of amides is 2. The summed E-state index contributed by atoms with van der Waals surface area (Å²) in [5.41, 5.74) is 2.33. The zero-order valence-electron chi connectivity index (χ0n) is 10.0. The van der Waals surface area contributed by atoms with Crippen molar-refractivity contribution in [2.75, 3.05) is 21.2 Å². The SMILES string of the molecule is COC(=O)CC[C@H](NC(=O)NN(C)C)C(=O)O. The van der Waals surface area contributed by atoms with Crippen LogP contribution in [0.15, 0.2) is 0 Å². The number of ether oxygens (including phenoxy) is 1. The first-order valence-electron chi connectivity index (χ1n) is 4.91. The van der Waals surface area contributed by atoms with E-state index in [1.807, 2.05) is 0 Å². The number of carbonyl (C=O) groups excluding carboxylic acids is 2. The van der Waals surface area contributed by atoms with Crippen molar-refractivity contribution in [1.29, 1.82) is 0 Å². The molecule has 0 aliphatic heterocycles. The fourth-order valence-electron chi connectivity index (χ4n) is 1.02. The first-order chi connectivity index (χ1) is 7.86. The van der Waals surface area contributed by atoms with Crippen molar-refractivity contribution in [1.82, 2.24) is 15.8 Å². The van der Waals surface area contributed by atoms with E-state index in [9.17, 15) is 14.4 Å². The molecule has 3 N–H and O–H groups in total. The third kappa shape index (κ3) is 7.12. The molecule has 0 spiro atoms. The summed E-state index contributed by atoms with van der Waals surface area (Å²) in [6.45, 7) is 0. The van der Waals surface area contributed by atoms with Gasteiger partial charge in [0.2, 0.25) is 0 Å². The molecule has 2 amide bonds. The van der Waals surface area contributed by atoms with Crippen LogP contribution < -0.4 is 10.7 Å². The molecule has 17 heavy (non-hydrogen) atoms. The van der Waals surface area contributed by atoms with Crippen LogP contribution in [-0.2, 0) is 14.3 Å². The van der Waals surface area contributed by atoms with E-state index in [1.54, 1.807) is 14.1 Å². The summed E-state index contributed by atoms with van der Waals surface area (Å²) in [4.78, 5) is 32.9. The molecular weight excluding hydrogens is 230 g/mol. The van der Waals surface area contributed by atoms with Crippen molar-refractivity contribution < 1.29 is 24.2 Å². The lowest BCUT2D eigenvalue weighted by molar-refractivity contribution is -0.142. The highest BCUT2D eigenvalue weighted by Gasteiger charge is 2.21. The van der Waals surface area contributed by atoms with Crippen LogP contribution in [0.2, 0.25) is 0 Å². The highest BCUT2D eigenvalue weighted by Crippen LogP contribution is 1.99. The summed E-state index contributed by atoms with van der Waals surface area (Å²) in [7, 11) is 4.39. The molecule has 0 saturated heterocycles. The second-order valence-corrected chi connectivity index (χ2v) is 3.49. The molecule has 0 aromatic rings. The lowest BCUT2D eigenvalue weighted by Gasteiger charge is -2.17. The number of carboxylic acids is 1. The number of hydrazine groups is 1. The summed E-state index contributed by atoms with van der Waals surface area (Å²) >= 11 is 0. The van der Waals surface area contributed by atoms with Crippen LogP contribution >= 0.6 is 0 Å². The van der Waals surface area contributed by atoms with Crippen LogP contribution in [0.1, 0.15) is 12.8 Å². The Labute approximate surface area is 98.9 Å². The van der Waals surface area contributed by atoms with E-state index in [0.29, 0.717) is 0 Å². The zero-order valence-corrected chi connectivity index (χ0v) is 10.0. The lowest BCUT2D eigenvalue weighted by atomic mass is 10.1. The van der Waals surface area contributed by atoms with Gasteiger partial charge in [-0.25, -0.2) is 14.6 Å². The first-order valence-corrected chi connectivity index (χ1v) is 4.91. The number of aliphatic carboxylic acids is 1. The molecule has 0 aromatic carbocycles. The van der Waals surface area contributed by atoms with E-state index in [2.05, 4.69) is 15.5 Å². The molecule has 0 aliphatic carbocycles. The Morgan fingerprint density at radius 3 is 2.35 bits per heavy atom. The van der Waals surface area contributed by atoms with Crippen molar-refractivity contribution in [2.45, 2.75) is 18.9 Å². The number of nitrogens with one attached hydrogen (secondary N) is 2. The van der Waals surface area contributed by atoms with Crippen LogP contribution in [0.25, 0.3) is 0 Å². The number of carbonyl (C=O) groups is 3. The molecule has 8 nitrogen and oxygen atoms in total. The topological polar surface area (TPSA) is 108 Å². The number of rotatable bonds is 6. The van der Waals surface area contributed by atoms with Gasteiger partial charge in [-0.15, -0.1) is 0 Å². The minimum atomic E-state index is -1.21. The highest BCUT2D eigenvalue weighted by atomic mass is 16.5. The molecule has 0 radical (unpaired) electrons. The lowest BCUT2D eigenvalue weighted by Crippen LogP contribution is -2.49. The maximum atomic E-state index is 11.2. The van der Waals surface area contributed by atoms with Crippen LogP contribution in [-0.4, -0.2) is 55.3 Å². The third-order valence-corrected chi connectivity index (χ3v) is 1.79. The Balaban J connectivity index is 4.20. The van der Waals surface area contributed by atoms with Gasteiger partial charge in [0.1, 0.15) is 6.04 Å². The van der Waals surface area contributed by atoms with Gasteiger partial charge in [0.15, 0.2) is 0 Å². The predicted molar refractivity (Wildman–Crippen MR) is 58.0 cm³/mol. The number of methoxy groups -OCH3 is 1. The van der Waals surface area contributed by atoms with Gasteiger partial charge in [0.05, 0.1) is 7.11 Å². The number of nitrogens with zero attached hydrogens (tertiary/aromatic N) is 1. The average Bonchev–Trinajstić information content (AvgIpc) is 2.22. The molecule has 0 heterocycles. The highest BCUT2D eigenvalue weighted by molar-refractivity contribution is 5.82. The van der Waals surface area contributed by atoms with Crippen LogP contribution in [0.4, 0.5) is 4.79 Å². The molecule has 1 atom stereocenters. The molecule has 0 saturated carbocycles. The van der Waals surface area contributed by atoms with E-state index < -0.39 is 24.0 Å². The predicted octanol–water partition coefficient (Wildman–Crippen LogP) is -0.831. The van der Waals surface area contributed by atoms with Gasteiger partial charge < -0.3 is 15.2 Å². The number of urea groups is 1. The minimum absolute atomic E-state index is 0.0249. The molecule has 0 unspecified atom stereocenters. The minimum Gasteiger partial charge on any atom is -0.480 e. The molecule has 0 rings (SSSR count). The van der Waals surface area contributed by atoms with E-state index >= 15 is 0 Å². The van der Waals surface area contributed by atoms with Gasteiger partial charge in [-0.1, -0.05) is 0 Å².